The van der Waals surface area contributed by atoms with Gasteiger partial charge in [-0.2, -0.15) is 5.10 Å². The molecule has 0 saturated heterocycles. The van der Waals surface area contributed by atoms with Crippen LogP contribution in [0.15, 0.2) is 6.07 Å². The van der Waals surface area contributed by atoms with Gasteiger partial charge in [-0.15, -0.1) is 0 Å². The fourth-order valence-corrected chi connectivity index (χ4v) is 2.44. The normalized spacial score (nSPS) is 12.0. The zero-order valence-corrected chi connectivity index (χ0v) is 13.5. The molecule has 0 bridgehead atoms. The Hall–Kier alpha value is -1.36. The van der Waals surface area contributed by atoms with Gasteiger partial charge < -0.3 is 10.0 Å². The van der Waals surface area contributed by atoms with Crippen LogP contribution in [0.2, 0.25) is 0 Å². The van der Waals surface area contributed by atoms with Gasteiger partial charge in [0.25, 0.3) is 5.91 Å². The first-order chi connectivity index (χ1) is 9.19. The summed E-state index contributed by atoms with van der Waals surface area (Å²) in [4.78, 5) is 14.1. The van der Waals surface area contributed by atoms with Crippen molar-refractivity contribution in [3.05, 3.63) is 17.5 Å². The zero-order chi connectivity index (χ0) is 15.5. The Labute approximate surface area is 121 Å². The van der Waals surface area contributed by atoms with Crippen LogP contribution < -0.4 is 0 Å². The largest absolute Gasteiger partial charge is 0.389 e. The first-order valence-electron chi connectivity index (χ1n) is 7.23. The molecule has 0 fully saturated rings. The van der Waals surface area contributed by atoms with E-state index in [0.29, 0.717) is 12.2 Å². The molecular formula is C15H27N3O2. The Morgan fingerprint density at radius 2 is 2.00 bits per heavy atom. The molecule has 20 heavy (non-hydrogen) atoms. The van der Waals surface area contributed by atoms with Gasteiger partial charge in [0.05, 0.1) is 17.3 Å². The third-order valence-electron chi connectivity index (χ3n) is 3.34. The summed E-state index contributed by atoms with van der Waals surface area (Å²) < 4.78 is 1.83. The third-order valence-corrected chi connectivity index (χ3v) is 3.34. The minimum absolute atomic E-state index is 0.0976. The van der Waals surface area contributed by atoms with Gasteiger partial charge in [0.2, 0.25) is 0 Å². The van der Waals surface area contributed by atoms with Crippen molar-refractivity contribution in [3.8, 4) is 0 Å². The van der Waals surface area contributed by atoms with E-state index >= 15 is 0 Å². The summed E-state index contributed by atoms with van der Waals surface area (Å²) >= 11 is 0. The number of likely N-dealkylation sites (N-methyl/N-ethyl adjacent to an activating group) is 1. The van der Waals surface area contributed by atoms with Gasteiger partial charge in [0, 0.05) is 13.6 Å². The Morgan fingerprint density at radius 1 is 1.45 bits per heavy atom. The molecule has 1 aromatic rings. The fourth-order valence-electron chi connectivity index (χ4n) is 2.44. The van der Waals surface area contributed by atoms with Crippen molar-refractivity contribution in [2.75, 3.05) is 13.6 Å². The highest BCUT2D eigenvalue weighted by atomic mass is 16.3. The number of aromatic nitrogens is 2. The second-order valence-electron chi connectivity index (χ2n) is 6.06. The molecule has 1 N–H and O–H groups in total. The molecule has 0 atom stereocenters. The lowest BCUT2D eigenvalue weighted by Gasteiger charge is -2.26. The molecule has 1 heterocycles. The Bertz CT molecular complexity index is 456. The van der Waals surface area contributed by atoms with Gasteiger partial charge in [-0.05, 0) is 39.7 Å². The standard InChI is InChI=1S/C15H27N3O2/c1-7-12(8-2)18-13(9-11(3)16-18)14(19)17(6)10-15(4,5)20/h9,12,20H,7-8,10H2,1-6H3. The molecule has 0 aromatic carbocycles. The second kappa shape index (κ2) is 6.39. The molecular weight excluding hydrogens is 254 g/mol. The Balaban J connectivity index is 3.04. The number of hydrogen-bond donors (Lipinski definition) is 1. The summed E-state index contributed by atoms with van der Waals surface area (Å²) in [7, 11) is 1.71. The maximum atomic E-state index is 12.5. The van der Waals surface area contributed by atoms with Crippen LogP contribution in [0, 0.1) is 6.92 Å². The summed E-state index contributed by atoms with van der Waals surface area (Å²) in [5.74, 6) is -0.0976. The molecule has 5 nitrogen and oxygen atoms in total. The van der Waals surface area contributed by atoms with Crippen molar-refractivity contribution in [2.24, 2.45) is 0 Å². The quantitative estimate of drug-likeness (QED) is 0.871. The molecule has 1 rings (SSSR count). The molecule has 1 aromatic heterocycles. The average Bonchev–Trinajstić information content (AvgIpc) is 2.70. The van der Waals surface area contributed by atoms with Crippen molar-refractivity contribution in [3.63, 3.8) is 0 Å². The van der Waals surface area contributed by atoms with E-state index in [0.717, 1.165) is 18.5 Å². The highest BCUT2D eigenvalue weighted by molar-refractivity contribution is 5.92. The number of nitrogens with zero attached hydrogens (tertiary/aromatic N) is 3. The molecule has 0 unspecified atom stereocenters. The highest BCUT2D eigenvalue weighted by Crippen LogP contribution is 2.20. The van der Waals surface area contributed by atoms with Crippen LogP contribution in [0.4, 0.5) is 0 Å². The van der Waals surface area contributed by atoms with Gasteiger partial charge >= 0.3 is 0 Å². The maximum Gasteiger partial charge on any atom is 0.271 e. The van der Waals surface area contributed by atoms with E-state index in [2.05, 4.69) is 18.9 Å². The van der Waals surface area contributed by atoms with Crippen LogP contribution in [0.25, 0.3) is 0 Å². The average molecular weight is 281 g/mol. The maximum absolute atomic E-state index is 12.5. The van der Waals surface area contributed by atoms with Crippen LogP contribution in [0.3, 0.4) is 0 Å². The Morgan fingerprint density at radius 3 is 2.45 bits per heavy atom. The van der Waals surface area contributed by atoms with Crippen molar-refractivity contribution in [2.45, 2.75) is 59.1 Å². The number of aliphatic hydroxyl groups is 1. The van der Waals surface area contributed by atoms with Crippen LogP contribution in [0.5, 0.6) is 0 Å². The lowest BCUT2D eigenvalue weighted by atomic mass is 10.1. The van der Waals surface area contributed by atoms with E-state index < -0.39 is 5.60 Å². The SMILES string of the molecule is CCC(CC)n1nc(C)cc1C(=O)N(C)CC(C)(C)O. The van der Waals surface area contributed by atoms with Crippen LogP contribution >= 0.6 is 0 Å². The van der Waals surface area contributed by atoms with Crippen LogP contribution in [0.1, 0.15) is 62.8 Å². The Kier molecular flexibility index (Phi) is 5.34. The predicted octanol–water partition coefficient (Wildman–Crippen LogP) is 2.40. The topological polar surface area (TPSA) is 58.4 Å². The lowest BCUT2D eigenvalue weighted by Crippen LogP contribution is -2.40. The van der Waals surface area contributed by atoms with Crippen molar-refractivity contribution >= 4 is 5.91 Å². The number of hydrogen-bond acceptors (Lipinski definition) is 3. The predicted molar refractivity (Wildman–Crippen MR) is 79.8 cm³/mol. The van der Waals surface area contributed by atoms with Crippen LogP contribution in [-0.2, 0) is 0 Å². The smallest absolute Gasteiger partial charge is 0.271 e. The molecule has 1 amide bonds. The second-order valence-corrected chi connectivity index (χ2v) is 6.06. The fraction of sp³-hybridized carbons (Fsp3) is 0.733. The van der Waals surface area contributed by atoms with Gasteiger partial charge in [0.1, 0.15) is 5.69 Å². The minimum Gasteiger partial charge on any atom is -0.389 e. The van der Waals surface area contributed by atoms with Crippen molar-refractivity contribution in [1.82, 2.24) is 14.7 Å². The molecule has 5 heteroatoms. The minimum atomic E-state index is -0.904. The van der Waals surface area contributed by atoms with Crippen molar-refractivity contribution < 1.29 is 9.90 Å². The molecule has 0 spiro atoms. The monoisotopic (exact) mass is 281 g/mol. The van der Waals surface area contributed by atoms with Gasteiger partial charge in [0.15, 0.2) is 0 Å². The van der Waals surface area contributed by atoms with Crippen molar-refractivity contribution in [1.29, 1.82) is 0 Å². The van der Waals surface area contributed by atoms with Crippen LogP contribution in [-0.4, -0.2) is 44.9 Å². The molecule has 0 radical (unpaired) electrons. The van der Waals surface area contributed by atoms with E-state index in [1.54, 1.807) is 25.8 Å². The molecule has 0 aliphatic rings. The molecule has 0 aliphatic carbocycles. The summed E-state index contributed by atoms with van der Waals surface area (Å²) in [6, 6.07) is 2.06. The van der Waals surface area contributed by atoms with Gasteiger partial charge in [-0.3, -0.25) is 9.48 Å². The number of rotatable bonds is 6. The van der Waals surface area contributed by atoms with Gasteiger partial charge in [-0.1, -0.05) is 13.8 Å². The zero-order valence-electron chi connectivity index (χ0n) is 13.5. The van der Waals surface area contributed by atoms with Gasteiger partial charge in [-0.25, -0.2) is 0 Å². The summed E-state index contributed by atoms with van der Waals surface area (Å²) in [6.07, 6.45) is 1.88. The number of amides is 1. The summed E-state index contributed by atoms with van der Waals surface area (Å²) in [5.41, 5.74) is 0.541. The molecule has 0 aliphatic heterocycles. The van der Waals surface area contributed by atoms with E-state index in [-0.39, 0.29) is 11.9 Å². The highest BCUT2D eigenvalue weighted by Gasteiger charge is 2.25. The lowest BCUT2D eigenvalue weighted by molar-refractivity contribution is 0.0360. The first-order valence-corrected chi connectivity index (χ1v) is 7.23. The molecule has 114 valence electrons. The van der Waals surface area contributed by atoms with E-state index in [4.69, 9.17) is 0 Å². The number of carbonyl (C=O) groups excluding carboxylic acids is 1. The van der Waals surface area contributed by atoms with E-state index in [9.17, 15) is 9.90 Å². The number of carbonyl (C=O) groups is 1. The summed E-state index contributed by atoms with van der Waals surface area (Å²) in [5, 5.41) is 14.3. The number of aryl methyl sites for hydroxylation is 1. The summed E-state index contributed by atoms with van der Waals surface area (Å²) in [6.45, 7) is 9.77. The first kappa shape index (κ1) is 16.7. The van der Waals surface area contributed by atoms with E-state index in [1.807, 2.05) is 17.7 Å². The molecule has 0 saturated carbocycles. The third kappa shape index (κ3) is 4.07. The van der Waals surface area contributed by atoms with E-state index in [1.165, 1.54) is 0 Å².